The molecule has 1 saturated heterocycles. The maximum absolute atomic E-state index is 12.3. The lowest BCUT2D eigenvalue weighted by Gasteiger charge is -2.35. The van der Waals surface area contributed by atoms with Gasteiger partial charge < -0.3 is 9.88 Å². The fourth-order valence-electron chi connectivity index (χ4n) is 4.15. The van der Waals surface area contributed by atoms with Gasteiger partial charge in [0.2, 0.25) is 5.91 Å². The van der Waals surface area contributed by atoms with Crippen molar-refractivity contribution in [1.82, 2.24) is 14.8 Å². The minimum atomic E-state index is 0.329. The highest BCUT2D eigenvalue weighted by molar-refractivity contribution is 5.90. The molecular formula is C23H25N3O. The van der Waals surface area contributed by atoms with Gasteiger partial charge in [0.1, 0.15) is 0 Å². The maximum Gasteiger partial charge on any atom is 0.225 e. The number of hydrogen-bond acceptors (Lipinski definition) is 2. The van der Waals surface area contributed by atoms with Gasteiger partial charge in [0, 0.05) is 49.5 Å². The van der Waals surface area contributed by atoms with Gasteiger partial charge in [0.15, 0.2) is 0 Å². The topological polar surface area (TPSA) is 39.3 Å². The number of para-hydroxylation sites is 1. The number of aromatic amines is 1. The first-order valence-electron chi connectivity index (χ1n) is 9.96. The molecule has 1 saturated carbocycles. The second kappa shape index (κ2) is 6.86. The smallest absolute Gasteiger partial charge is 0.225 e. The van der Waals surface area contributed by atoms with Gasteiger partial charge in [-0.1, -0.05) is 48.5 Å². The molecule has 4 nitrogen and oxygen atoms in total. The highest BCUT2D eigenvalue weighted by Gasteiger charge is 2.34. The summed E-state index contributed by atoms with van der Waals surface area (Å²) in [7, 11) is 0. The van der Waals surface area contributed by atoms with Crippen molar-refractivity contribution in [3.05, 3.63) is 60.2 Å². The Morgan fingerprint density at radius 1 is 0.926 bits per heavy atom. The standard InChI is InChI=1S/C23H25N3O/c27-23(18-10-11-18)26-14-12-25(13-15-26)16-20-19-8-4-5-9-21(19)24-22(20)17-6-2-1-3-7-17/h1-9,18,24H,10-16H2. The van der Waals surface area contributed by atoms with Crippen molar-refractivity contribution in [2.45, 2.75) is 19.4 Å². The van der Waals surface area contributed by atoms with Crippen molar-refractivity contribution < 1.29 is 4.79 Å². The Kier molecular flexibility index (Phi) is 4.21. The van der Waals surface area contributed by atoms with Gasteiger partial charge in [-0.05, 0) is 30.0 Å². The molecule has 27 heavy (non-hydrogen) atoms. The number of benzene rings is 2. The van der Waals surface area contributed by atoms with Crippen LogP contribution in [0.2, 0.25) is 0 Å². The Labute approximate surface area is 159 Å². The Morgan fingerprint density at radius 3 is 2.37 bits per heavy atom. The first-order chi connectivity index (χ1) is 13.3. The summed E-state index contributed by atoms with van der Waals surface area (Å²) in [5.41, 5.74) is 4.99. The molecule has 1 amide bonds. The van der Waals surface area contributed by atoms with E-state index in [4.69, 9.17) is 0 Å². The van der Waals surface area contributed by atoms with Crippen LogP contribution in [0.1, 0.15) is 18.4 Å². The predicted molar refractivity (Wildman–Crippen MR) is 108 cm³/mol. The molecule has 0 radical (unpaired) electrons. The lowest BCUT2D eigenvalue weighted by Crippen LogP contribution is -2.48. The molecule has 1 aliphatic carbocycles. The fraction of sp³-hybridized carbons (Fsp3) is 0.348. The molecule has 5 rings (SSSR count). The highest BCUT2D eigenvalue weighted by atomic mass is 16.2. The summed E-state index contributed by atoms with van der Waals surface area (Å²) in [4.78, 5) is 20.5. The molecule has 2 fully saturated rings. The molecule has 0 atom stereocenters. The summed E-state index contributed by atoms with van der Waals surface area (Å²) < 4.78 is 0. The summed E-state index contributed by atoms with van der Waals surface area (Å²) >= 11 is 0. The number of hydrogen-bond donors (Lipinski definition) is 1. The van der Waals surface area contributed by atoms with Crippen molar-refractivity contribution in [3.63, 3.8) is 0 Å². The van der Waals surface area contributed by atoms with E-state index in [1.54, 1.807) is 0 Å². The second-order valence-electron chi connectivity index (χ2n) is 7.77. The SMILES string of the molecule is O=C(C1CC1)N1CCN(Cc2c(-c3ccccc3)[nH]c3ccccc23)CC1. The molecule has 2 aliphatic rings. The number of piperazine rings is 1. The van der Waals surface area contributed by atoms with Gasteiger partial charge in [0.25, 0.3) is 0 Å². The van der Waals surface area contributed by atoms with Crippen LogP contribution in [0, 0.1) is 5.92 Å². The van der Waals surface area contributed by atoms with E-state index in [0.29, 0.717) is 11.8 Å². The van der Waals surface area contributed by atoms with Gasteiger partial charge in [-0.25, -0.2) is 0 Å². The Bertz CT molecular complexity index is 950. The second-order valence-corrected chi connectivity index (χ2v) is 7.77. The summed E-state index contributed by atoms with van der Waals surface area (Å²) in [6, 6.07) is 19.1. The molecule has 2 heterocycles. The molecule has 1 N–H and O–H groups in total. The van der Waals surface area contributed by atoms with Crippen molar-refractivity contribution >= 4 is 16.8 Å². The molecule has 2 aromatic carbocycles. The maximum atomic E-state index is 12.3. The van der Waals surface area contributed by atoms with E-state index in [9.17, 15) is 4.79 Å². The quantitative estimate of drug-likeness (QED) is 0.768. The van der Waals surface area contributed by atoms with Crippen LogP contribution in [-0.4, -0.2) is 46.9 Å². The number of carbonyl (C=O) groups excluding carboxylic acids is 1. The minimum Gasteiger partial charge on any atom is -0.354 e. The third-order valence-electron chi connectivity index (χ3n) is 5.87. The van der Waals surface area contributed by atoms with Crippen molar-refractivity contribution in [3.8, 4) is 11.3 Å². The van der Waals surface area contributed by atoms with Crippen molar-refractivity contribution in [2.24, 2.45) is 5.92 Å². The van der Waals surface area contributed by atoms with Crippen LogP contribution in [0.3, 0.4) is 0 Å². The molecule has 138 valence electrons. The Balaban J connectivity index is 1.39. The molecular weight excluding hydrogens is 334 g/mol. The number of rotatable bonds is 4. The van der Waals surface area contributed by atoms with E-state index in [0.717, 1.165) is 45.6 Å². The number of nitrogens with zero attached hydrogens (tertiary/aromatic N) is 2. The number of fused-ring (bicyclic) bond motifs is 1. The normalized spacial score (nSPS) is 18.1. The third-order valence-corrected chi connectivity index (χ3v) is 5.87. The Morgan fingerprint density at radius 2 is 1.63 bits per heavy atom. The van der Waals surface area contributed by atoms with Gasteiger partial charge in [-0.2, -0.15) is 0 Å². The monoisotopic (exact) mass is 359 g/mol. The largest absolute Gasteiger partial charge is 0.354 e. The number of nitrogens with one attached hydrogen (secondary N) is 1. The minimum absolute atomic E-state index is 0.329. The number of amides is 1. The van der Waals surface area contributed by atoms with Gasteiger partial charge >= 0.3 is 0 Å². The third kappa shape index (κ3) is 3.26. The molecule has 3 aromatic rings. The lowest BCUT2D eigenvalue weighted by molar-refractivity contribution is -0.134. The summed E-state index contributed by atoms with van der Waals surface area (Å²) in [5.74, 6) is 0.710. The lowest BCUT2D eigenvalue weighted by atomic mass is 10.0. The van der Waals surface area contributed by atoms with Gasteiger partial charge in [-0.15, -0.1) is 0 Å². The average Bonchev–Trinajstić information content (AvgIpc) is 3.51. The van der Waals surface area contributed by atoms with Crippen molar-refractivity contribution in [2.75, 3.05) is 26.2 Å². The van der Waals surface area contributed by atoms with Crippen LogP contribution in [0.4, 0.5) is 0 Å². The van der Waals surface area contributed by atoms with Crippen LogP contribution in [-0.2, 0) is 11.3 Å². The predicted octanol–water partition coefficient (Wildman–Crippen LogP) is 3.89. The summed E-state index contributed by atoms with van der Waals surface area (Å²) in [5, 5.41) is 1.30. The van der Waals surface area contributed by atoms with Gasteiger partial charge in [0.05, 0.1) is 5.69 Å². The molecule has 0 bridgehead atoms. The molecule has 0 spiro atoms. The van der Waals surface area contributed by atoms with E-state index in [1.165, 1.54) is 27.7 Å². The van der Waals surface area contributed by atoms with Crippen LogP contribution < -0.4 is 0 Å². The molecule has 4 heteroatoms. The van der Waals surface area contributed by atoms with Crippen LogP contribution in [0.25, 0.3) is 22.2 Å². The summed E-state index contributed by atoms with van der Waals surface area (Å²) in [6.07, 6.45) is 2.18. The highest BCUT2D eigenvalue weighted by Crippen LogP contribution is 2.33. The van der Waals surface area contributed by atoms with E-state index >= 15 is 0 Å². The number of aromatic nitrogens is 1. The van der Waals surface area contributed by atoms with E-state index < -0.39 is 0 Å². The van der Waals surface area contributed by atoms with E-state index in [-0.39, 0.29) is 0 Å². The molecule has 1 aromatic heterocycles. The van der Waals surface area contributed by atoms with E-state index in [2.05, 4.69) is 69.4 Å². The summed E-state index contributed by atoms with van der Waals surface area (Å²) in [6.45, 7) is 4.54. The van der Waals surface area contributed by atoms with Gasteiger partial charge in [-0.3, -0.25) is 9.69 Å². The van der Waals surface area contributed by atoms with Crippen LogP contribution in [0.5, 0.6) is 0 Å². The zero-order chi connectivity index (χ0) is 18.2. The van der Waals surface area contributed by atoms with E-state index in [1.807, 2.05) is 0 Å². The number of H-pyrrole nitrogens is 1. The van der Waals surface area contributed by atoms with Crippen LogP contribution in [0.15, 0.2) is 54.6 Å². The first-order valence-corrected chi connectivity index (χ1v) is 9.96. The Hall–Kier alpha value is -2.59. The first kappa shape index (κ1) is 16.6. The fourth-order valence-corrected chi connectivity index (χ4v) is 4.15. The molecule has 1 aliphatic heterocycles. The zero-order valence-corrected chi connectivity index (χ0v) is 15.5. The average molecular weight is 359 g/mol. The van der Waals surface area contributed by atoms with Crippen molar-refractivity contribution in [1.29, 1.82) is 0 Å². The number of carbonyl (C=O) groups is 1. The zero-order valence-electron chi connectivity index (χ0n) is 15.5. The van der Waals surface area contributed by atoms with Crippen LogP contribution >= 0.6 is 0 Å². The molecule has 0 unspecified atom stereocenters.